The van der Waals surface area contributed by atoms with E-state index in [4.69, 9.17) is 11.2 Å². The van der Waals surface area contributed by atoms with Gasteiger partial charge in [-0.15, -0.1) is 6.42 Å². The lowest BCUT2D eigenvalue weighted by Gasteiger charge is -2.35. The Kier molecular flexibility index (Phi) is 11.4. The van der Waals surface area contributed by atoms with Crippen molar-refractivity contribution >= 4 is 17.9 Å². The fourth-order valence-electron chi connectivity index (χ4n) is 4.02. The Bertz CT molecular complexity index is 1120. The van der Waals surface area contributed by atoms with Gasteiger partial charge in [-0.2, -0.15) is 0 Å². The number of terminal acetylenes is 1. The maximum Gasteiger partial charge on any atom is 0.408 e. The Morgan fingerprint density at radius 3 is 2.26 bits per heavy atom. The van der Waals surface area contributed by atoms with Crippen molar-refractivity contribution in [3.8, 4) is 12.3 Å². The van der Waals surface area contributed by atoms with Gasteiger partial charge in [-0.05, 0) is 50.3 Å². The summed E-state index contributed by atoms with van der Waals surface area (Å²) in [7, 11) is 0. The Hall–Kier alpha value is -3.83. The van der Waals surface area contributed by atoms with Gasteiger partial charge in [0.15, 0.2) is 0 Å². The molecule has 0 aliphatic carbocycles. The molecule has 8 nitrogen and oxygen atoms in total. The molecule has 0 saturated carbocycles. The van der Waals surface area contributed by atoms with Crippen LogP contribution < -0.4 is 10.6 Å². The second-order valence-corrected chi connectivity index (χ2v) is 10.4. The van der Waals surface area contributed by atoms with Gasteiger partial charge in [-0.1, -0.05) is 68.3 Å². The van der Waals surface area contributed by atoms with Crippen LogP contribution in [0.3, 0.4) is 0 Å². The number of hydrogen-bond donors (Lipinski definition) is 3. The quantitative estimate of drug-likeness (QED) is 0.390. The molecule has 2 atom stereocenters. The van der Waals surface area contributed by atoms with Gasteiger partial charge in [0.2, 0.25) is 11.8 Å². The molecule has 3 N–H and O–H groups in total. The number of carbonyl (C=O) groups is 3. The molecule has 0 spiro atoms. The highest BCUT2D eigenvalue weighted by molar-refractivity contribution is 5.92. The summed E-state index contributed by atoms with van der Waals surface area (Å²) in [5.41, 5.74) is 1.02. The van der Waals surface area contributed by atoms with Crippen molar-refractivity contribution in [2.24, 2.45) is 5.92 Å². The first kappa shape index (κ1) is 30.4. The van der Waals surface area contributed by atoms with Crippen LogP contribution in [-0.4, -0.2) is 52.7 Å². The van der Waals surface area contributed by atoms with Crippen molar-refractivity contribution in [2.45, 2.75) is 65.3 Å². The van der Waals surface area contributed by atoms with Crippen LogP contribution in [0.2, 0.25) is 0 Å². The van der Waals surface area contributed by atoms with Crippen molar-refractivity contribution in [2.75, 3.05) is 13.2 Å². The number of ether oxygens (including phenoxy) is 1. The standard InChI is InChI=1S/C30H39N3O5/c1-7-23-15-11-12-16-24(23)26(27(35)31-20-22-13-9-8-10-14-22)33(17-18-34)28(36)25(19-21(2)3)32-29(37)38-30(4,5)6/h1,8-16,21,25-26,34H,17-20H2,2-6H3,(H,31,35)(H,32,37). The van der Waals surface area contributed by atoms with Crippen LogP contribution in [0.15, 0.2) is 54.6 Å². The Morgan fingerprint density at radius 2 is 1.68 bits per heavy atom. The summed E-state index contributed by atoms with van der Waals surface area (Å²) in [6, 6.07) is 14.1. The Morgan fingerprint density at radius 1 is 1.05 bits per heavy atom. The molecule has 38 heavy (non-hydrogen) atoms. The van der Waals surface area contributed by atoms with Crippen molar-refractivity contribution < 1.29 is 24.2 Å². The van der Waals surface area contributed by atoms with E-state index >= 15 is 0 Å². The molecular weight excluding hydrogens is 482 g/mol. The molecule has 0 fully saturated rings. The number of benzene rings is 2. The highest BCUT2D eigenvalue weighted by Crippen LogP contribution is 2.26. The topological polar surface area (TPSA) is 108 Å². The molecule has 0 saturated heterocycles. The SMILES string of the molecule is C#Cc1ccccc1C(C(=O)NCc1ccccc1)N(CCO)C(=O)C(CC(C)C)NC(=O)OC(C)(C)C. The molecule has 2 unspecified atom stereocenters. The first-order valence-electron chi connectivity index (χ1n) is 12.7. The number of nitrogens with zero attached hydrogens (tertiary/aromatic N) is 1. The van der Waals surface area contributed by atoms with Gasteiger partial charge in [-0.25, -0.2) is 4.79 Å². The van der Waals surface area contributed by atoms with E-state index in [-0.39, 0.29) is 19.0 Å². The molecule has 2 aromatic rings. The highest BCUT2D eigenvalue weighted by atomic mass is 16.6. The molecule has 2 aromatic carbocycles. The third-order valence-corrected chi connectivity index (χ3v) is 5.60. The summed E-state index contributed by atoms with van der Waals surface area (Å²) in [5.74, 6) is 1.65. The van der Waals surface area contributed by atoms with Crippen LogP contribution in [0.1, 0.15) is 63.8 Å². The maximum absolute atomic E-state index is 14.0. The zero-order chi connectivity index (χ0) is 28.3. The van der Waals surface area contributed by atoms with Crippen LogP contribution in [0.4, 0.5) is 4.79 Å². The van der Waals surface area contributed by atoms with Gasteiger partial charge < -0.3 is 25.4 Å². The average molecular weight is 522 g/mol. The third-order valence-electron chi connectivity index (χ3n) is 5.60. The van der Waals surface area contributed by atoms with Crippen LogP contribution in [0.5, 0.6) is 0 Å². The molecule has 3 amide bonds. The average Bonchev–Trinajstić information content (AvgIpc) is 2.86. The molecule has 8 heteroatoms. The number of alkyl carbamates (subject to hydrolysis) is 1. The fraction of sp³-hybridized carbons (Fsp3) is 0.433. The number of rotatable bonds is 11. The highest BCUT2D eigenvalue weighted by Gasteiger charge is 2.37. The van der Waals surface area contributed by atoms with Gasteiger partial charge in [0, 0.05) is 18.7 Å². The molecule has 0 radical (unpaired) electrons. The summed E-state index contributed by atoms with van der Waals surface area (Å²) >= 11 is 0. The number of nitrogens with one attached hydrogen (secondary N) is 2. The molecule has 0 aromatic heterocycles. The summed E-state index contributed by atoms with van der Waals surface area (Å²) in [6.45, 7) is 8.73. The summed E-state index contributed by atoms with van der Waals surface area (Å²) in [4.78, 5) is 41.6. The van der Waals surface area contributed by atoms with Gasteiger partial charge in [0.05, 0.1) is 6.61 Å². The van der Waals surface area contributed by atoms with Crippen LogP contribution in [-0.2, 0) is 20.9 Å². The Labute approximate surface area is 225 Å². The second-order valence-electron chi connectivity index (χ2n) is 10.4. The molecule has 0 bridgehead atoms. The molecule has 0 aliphatic heterocycles. The minimum atomic E-state index is -1.14. The van der Waals surface area contributed by atoms with Crippen LogP contribution in [0.25, 0.3) is 0 Å². The lowest BCUT2D eigenvalue weighted by Crippen LogP contribution is -2.54. The molecule has 0 aliphatic rings. The molecule has 0 heterocycles. The number of carbonyl (C=O) groups excluding carboxylic acids is 3. The van der Waals surface area contributed by atoms with Crippen molar-refractivity contribution in [3.05, 3.63) is 71.3 Å². The smallest absolute Gasteiger partial charge is 0.408 e. The minimum Gasteiger partial charge on any atom is -0.444 e. The van der Waals surface area contributed by atoms with E-state index in [1.54, 1.807) is 45.0 Å². The third kappa shape index (κ3) is 9.24. The number of aliphatic hydroxyl groups is 1. The van der Waals surface area contributed by atoms with Gasteiger partial charge in [0.1, 0.15) is 17.7 Å². The van der Waals surface area contributed by atoms with E-state index in [2.05, 4.69) is 16.6 Å². The predicted octanol–water partition coefficient (Wildman–Crippen LogP) is 3.79. The number of aliphatic hydroxyl groups excluding tert-OH is 1. The van der Waals surface area contributed by atoms with E-state index in [1.165, 1.54) is 4.90 Å². The van der Waals surface area contributed by atoms with Crippen LogP contribution in [0, 0.1) is 18.3 Å². The van der Waals surface area contributed by atoms with Crippen molar-refractivity contribution in [1.29, 1.82) is 0 Å². The van der Waals surface area contributed by atoms with E-state index < -0.39 is 42.2 Å². The first-order valence-corrected chi connectivity index (χ1v) is 12.7. The lowest BCUT2D eigenvalue weighted by atomic mass is 9.96. The number of hydrogen-bond acceptors (Lipinski definition) is 5. The normalized spacial score (nSPS) is 12.7. The summed E-state index contributed by atoms with van der Waals surface area (Å²) < 4.78 is 5.38. The van der Waals surface area contributed by atoms with Crippen LogP contribution >= 0.6 is 0 Å². The maximum atomic E-state index is 14.0. The fourth-order valence-corrected chi connectivity index (χ4v) is 4.02. The lowest BCUT2D eigenvalue weighted by molar-refractivity contribution is -0.143. The zero-order valence-electron chi connectivity index (χ0n) is 22.9. The van der Waals surface area contributed by atoms with E-state index in [9.17, 15) is 19.5 Å². The molecule has 204 valence electrons. The van der Waals surface area contributed by atoms with Crippen molar-refractivity contribution in [1.82, 2.24) is 15.5 Å². The second kappa shape index (κ2) is 14.2. The molecule has 2 rings (SSSR count). The van der Waals surface area contributed by atoms with E-state index in [0.29, 0.717) is 17.5 Å². The largest absolute Gasteiger partial charge is 0.444 e. The summed E-state index contributed by atoms with van der Waals surface area (Å²) in [5, 5.41) is 15.5. The first-order chi connectivity index (χ1) is 18.0. The zero-order valence-corrected chi connectivity index (χ0v) is 22.9. The van der Waals surface area contributed by atoms with Crippen molar-refractivity contribution in [3.63, 3.8) is 0 Å². The molecular formula is C30H39N3O5. The van der Waals surface area contributed by atoms with E-state index in [1.807, 2.05) is 44.2 Å². The Balaban J connectivity index is 2.48. The minimum absolute atomic E-state index is 0.0400. The summed E-state index contributed by atoms with van der Waals surface area (Å²) in [6.07, 6.45) is 5.31. The van der Waals surface area contributed by atoms with E-state index in [0.717, 1.165) is 5.56 Å². The van der Waals surface area contributed by atoms with Gasteiger partial charge in [-0.3, -0.25) is 9.59 Å². The van der Waals surface area contributed by atoms with Gasteiger partial charge >= 0.3 is 6.09 Å². The number of amides is 3. The monoisotopic (exact) mass is 521 g/mol. The van der Waals surface area contributed by atoms with Gasteiger partial charge in [0.25, 0.3) is 0 Å². The predicted molar refractivity (Wildman–Crippen MR) is 147 cm³/mol.